The minimum atomic E-state index is -0.309. The SMILES string of the molecule is Cc1cc2nc(C(=O)CC3CCN(C)C3)cc(-c3ccccc3F)c2c(C)c1-c1ccncc1. The van der Waals surface area contributed by atoms with Gasteiger partial charge in [-0.2, -0.15) is 0 Å². The highest BCUT2D eigenvalue weighted by molar-refractivity contribution is 6.05. The predicted molar refractivity (Wildman–Crippen MR) is 134 cm³/mol. The van der Waals surface area contributed by atoms with Crippen LogP contribution in [0.3, 0.4) is 0 Å². The number of Topliss-reactive ketones (excluding diaryl/α,β-unsaturated/α-hetero) is 1. The van der Waals surface area contributed by atoms with Gasteiger partial charge in [0.1, 0.15) is 11.5 Å². The van der Waals surface area contributed by atoms with Gasteiger partial charge in [-0.15, -0.1) is 0 Å². The molecule has 0 radical (unpaired) electrons. The Morgan fingerprint density at radius 1 is 1.09 bits per heavy atom. The van der Waals surface area contributed by atoms with Crippen LogP contribution < -0.4 is 0 Å². The van der Waals surface area contributed by atoms with E-state index in [1.807, 2.05) is 31.2 Å². The zero-order valence-corrected chi connectivity index (χ0v) is 19.8. The average Bonchev–Trinajstić information content (AvgIpc) is 3.23. The van der Waals surface area contributed by atoms with Crippen LogP contribution in [0.15, 0.2) is 60.9 Å². The first-order valence-corrected chi connectivity index (χ1v) is 11.7. The molecule has 0 saturated carbocycles. The fourth-order valence-corrected chi connectivity index (χ4v) is 5.32. The predicted octanol–water partition coefficient (Wildman–Crippen LogP) is 6.24. The molecule has 0 amide bonds. The molecule has 0 bridgehead atoms. The van der Waals surface area contributed by atoms with Crippen molar-refractivity contribution in [3.05, 3.63) is 83.6 Å². The normalized spacial score (nSPS) is 16.3. The van der Waals surface area contributed by atoms with E-state index in [0.29, 0.717) is 29.2 Å². The van der Waals surface area contributed by atoms with E-state index in [0.717, 1.165) is 52.7 Å². The van der Waals surface area contributed by atoms with Crippen LogP contribution in [0.25, 0.3) is 33.2 Å². The summed E-state index contributed by atoms with van der Waals surface area (Å²) in [7, 11) is 2.08. The van der Waals surface area contributed by atoms with E-state index < -0.39 is 0 Å². The van der Waals surface area contributed by atoms with Crippen molar-refractivity contribution in [3.63, 3.8) is 0 Å². The lowest BCUT2D eigenvalue weighted by Gasteiger charge is -2.18. The average molecular weight is 454 g/mol. The number of aromatic nitrogens is 2. The molecular formula is C29H28FN3O. The number of fused-ring (bicyclic) bond motifs is 1. The van der Waals surface area contributed by atoms with Crippen molar-refractivity contribution < 1.29 is 9.18 Å². The molecule has 1 fully saturated rings. The number of carbonyl (C=O) groups is 1. The fourth-order valence-electron chi connectivity index (χ4n) is 5.32. The summed E-state index contributed by atoms with van der Waals surface area (Å²) < 4.78 is 15.0. The van der Waals surface area contributed by atoms with Gasteiger partial charge in [-0.1, -0.05) is 18.2 Å². The highest BCUT2D eigenvalue weighted by atomic mass is 19.1. The third-order valence-corrected chi connectivity index (χ3v) is 6.93. The maximum atomic E-state index is 15.0. The summed E-state index contributed by atoms with van der Waals surface area (Å²) in [4.78, 5) is 24.5. The van der Waals surface area contributed by atoms with Crippen molar-refractivity contribution in [2.45, 2.75) is 26.7 Å². The van der Waals surface area contributed by atoms with Crippen LogP contribution in [-0.2, 0) is 0 Å². The van der Waals surface area contributed by atoms with Crippen LogP contribution in [-0.4, -0.2) is 40.8 Å². The number of nitrogens with zero attached hydrogens (tertiary/aromatic N) is 3. The van der Waals surface area contributed by atoms with Crippen LogP contribution >= 0.6 is 0 Å². The zero-order valence-electron chi connectivity index (χ0n) is 19.8. The number of rotatable bonds is 5. The van der Waals surface area contributed by atoms with E-state index in [2.05, 4.69) is 23.9 Å². The molecule has 1 atom stereocenters. The Labute approximate surface area is 199 Å². The van der Waals surface area contributed by atoms with E-state index in [1.54, 1.807) is 30.6 Å². The van der Waals surface area contributed by atoms with Crippen LogP contribution in [0.1, 0.15) is 34.5 Å². The number of carbonyl (C=O) groups excluding carboxylic acids is 1. The van der Waals surface area contributed by atoms with E-state index in [1.165, 1.54) is 6.07 Å². The zero-order chi connectivity index (χ0) is 23.8. The smallest absolute Gasteiger partial charge is 0.181 e. The minimum absolute atomic E-state index is 0.0216. The number of likely N-dealkylation sites (tertiary alicyclic amines) is 1. The van der Waals surface area contributed by atoms with Crippen LogP contribution in [0.2, 0.25) is 0 Å². The third-order valence-electron chi connectivity index (χ3n) is 6.93. The molecule has 34 heavy (non-hydrogen) atoms. The molecule has 0 aliphatic carbocycles. The molecule has 2 aromatic heterocycles. The number of hydrogen-bond acceptors (Lipinski definition) is 4. The number of aryl methyl sites for hydroxylation is 2. The van der Waals surface area contributed by atoms with E-state index in [9.17, 15) is 4.79 Å². The molecule has 0 N–H and O–H groups in total. The Hall–Kier alpha value is -3.44. The Balaban J connectivity index is 1.71. The molecule has 172 valence electrons. The largest absolute Gasteiger partial charge is 0.306 e. The van der Waals surface area contributed by atoms with Gasteiger partial charge in [0.2, 0.25) is 0 Å². The van der Waals surface area contributed by atoms with Gasteiger partial charge in [0.25, 0.3) is 0 Å². The van der Waals surface area contributed by atoms with Crippen molar-refractivity contribution in [3.8, 4) is 22.3 Å². The van der Waals surface area contributed by atoms with Gasteiger partial charge >= 0.3 is 0 Å². The van der Waals surface area contributed by atoms with Crippen molar-refractivity contribution in [1.29, 1.82) is 0 Å². The van der Waals surface area contributed by atoms with Gasteiger partial charge in [0.15, 0.2) is 5.78 Å². The molecule has 0 spiro atoms. The van der Waals surface area contributed by atoms with Gasteiger partial charge in [-0.25, -0.2) is 9.37 Å². The topological polar surface area (TPSA) is 46.1 Å². The molecule has 4 aromatic rings. The van der Waals surface area contributed by atoms with Crippen LogP contribution in [0.4, 0.5) is 4.39 Å². The van der Waals surface area contributed by atoms with Crippen LogP contribution in [0.5, 0.6) is 0 Å². The fraction of sp³-hybridized carbons (Fsp3) is 0.276. The Kier molecular flexibility index (Phi) is 5.96. The van der Waals surface area contributed by atoms with E-state index in [4.69, 9.17) is 4.98 Å². The number of benzene rings is 2. The van der Waals surface area contributed by atoms with Crippen molar-refractivity contribution in [2.75, 3.05) is 20.1 Å². The van der Waals surface area contributed by atoms with Gasteiger partial charge in [0, 0.05) is 36.3 Å². The molecule has 3 heterocycles. The van der Waals surface area contributed by atoms with Crippen molar-refractivity contribution in [2.24, 2.45) is 5.92 Å². The number of hydrogen-bond donors (Lipinski definition) is 0. The maximum Gasteiger partial charge on any atom is 0.181 e. The summed E-state index contributed by atoms with van der Waals surface area (Å²) in [6.07, 6.45) is 5.03. The summed E-state index contributed by atoms with van der Waals surface area (Å²) in [5.41, 5.74) is 6.55. The van der Waals surface area contributed by atoms with E-state index in [-0.39, 0.29) is 11.6 Å². The van der Waals surface area contributed by atoms with Gasteiger partial charge < -0.3 is 4.90 Å². The first-order chi connectivity index (χ1) is 16.4. The summed E-state index contributed by atoms with van der Waals surface area (Å²) >= 11 is 0. The highest BCUT2D eigenvalue weighted by Crippen LogP contribution is 2.39. The van der Waals surface area contributed by atoms with Crippen molar-refractivity contribution >= 4 is 16.7 Å². The summed E-state index contributed by atoms with van der Waals surface area (Å²) in [6, 6.07) is 14.5. The molecule has 1 unspecified atom stereocenters. The summed E-state index contributed by atoms with van der Waals surface area (Å²) in [6.45, 7) is 6.04. The molecule has 1 saturated heterocycles. The van der Waals surface area contributed by atoms with Crippen LogP contribution in [0, 0.1) is 25.6 Å². The second-order valence-electron chi connectivity index (χ2n) is 9.40. The molecule has 5 rings (SSSR count). The van der Waals surface area contributed by atoms with E-state index >= 15 is 4.39 Å². The summed E-state index contributed by atoms with van der Waals surface area (Å²) in [5, 5.41) is 0.875. The quantitative estimate of drug-likeness (QED) is 0.335. The first kappa shape index (κ1) is 22.4. The van der Waals surface area contributed by atoms with Gasteiger partial charge in [-0.05, 0) is 97.9 Å². The third kappa shape index (κ3) is 4.12. The molecule has 1 aliphatic rings. The maximum absolute atomic E-state index is 15.0. The monoisotopic (exact) mass is 453 g/mol. The second kappa shape index (κ2) is 9.07. The number of ketones is 1. The molecule has 5 heteroatoms. The standard InChI is InChI=1S/C29H28FN3O/c1-18-14-26-29(19(2)28(18)21-8-11-31-12-9-21)23(22-6-4-5-7-24(22)30)16-25(32-26)27(34)15-20-10-13-33(3)17-20/h4-9,11-12,14,16,20H,10,13,15,17H2,1-3H3. The Morgan fingerprint density at radius 2 is 1.85 bits per heavy atom. The summed E-state index contributed by atoms with van der Waals surface area (Å²) in [5.74, 6) is 0.0500. The molecule has 4 nitrogen and oxygen atoms in total. The second-order valence-corrected chi connectivity index (χ2v) is 9.40. The lowest BCUT2D eigenvalue weighted by Crippen LogP contribution is -2.16. The van der Waals surface area contributed by atoms with Gasteiger partial charge in [0.05, 0.1) is 5.52 Å². The number of halogens is 1. The van der Waals surface area contributed by atoms with Gasteiger partial charge in [-0.3, -0.25) is 9.78 Å². The lowest BCUT2D eigenvalue weighted by molar-refractivity contribution is 0.0958. The minimum Gasteiger partial charge on any atom is -0.306 e. The molecular weight excluding hydrogens is 425 g/mol. The molecule has 2 aromatic carbocycles. The van der Waals surface area contributed by atoms with Crippen molar-refractivity contribution in [1.82, 2.24) is 14.9 Å². The first-order valence-electron chi connectivity index (χ1n) is 11.7. The Morgan fingerprint density at radius 3 is 2.56 bits per heavy atom. The number of pyridine rings is 2. The lowest BCUT2D eigenvalue weighted by atomic mass is 9.88. The Bertz CT molecular complexity index is 1380. The molecule has 1 aliphatic heterocycles. The highest BCUT2D eigenvalue weighted by Gasteiger charge is 2.25.